The van der Waals surface area contributed by atoms with Gasteiger partial charge in [0, 0.05) is 67.5 Å². The number of aromatic nitrogens is 4. The molecule has 2 bridgehead atoms. The topological polar surface area (TPSA) is 70.0 Å². The largest absolute Gasteiger partial charge is 0.457 e. The van der Waals surface area contributed by atoms with E-state index in [4.69, 9.17) is 29.4 Å². The number of nitrogens with zero attached hydrogens (tertiary/aromatic N) is 4. The zero-order chi connectivity index (χ0) is 70.8. The molecule has 0 saturated heterocycles. The molecule has 2 unspecified atom stereocenters. The van der Waals surface area contributed by atoms with Gasteiger partial charge in [0.2, 0.25) is 0 Å². The first-order valence-corrected chi connectivity index (χ1v) is 37.2. The second kappa shape index (κ2) is 23.3. The van der Waals surface area contributed by atoms with Gasteiger partial charge in [0.1, 0.15) is 23.0 Å². The molecule has 0 fully saturated rings. The maximum Gasteiger partial charge on any atom is 0.160 e. The van der Waals surface area contributed by atoms with Crippen molar-refractivity contribution in [1.82, 2.24) is 19.9 Å². The van der Waals surface area contributed by atoms with Crippen molar-refractivity contribution in [3.8, 4) is 135 Å². The fourth-order valence-electron chi connectivity index (χ4n) is 19.2. The van der Waals surface area contributed by atoms with Gasteiger partial charge in [0.25, 0.3) is 0 Å². The Bertz CT molecular complexity index is 6180. The van der Waals surface area contributed by atoms with Crippen LogP contribution < -0.4 is 9.47 Å². The van der Waals surface area contributed by atoms with Crippen molar-refractivity contribution in [2.24, 2.45) is 0 Å². The van der Waals surface area contributed by atoms with Crippen LogP contribution in [0.3, 0.4) is 0 Å². The van der Waals surface area contributed by atoms with Crippen molar-refractivity contribution in [3.63, 3.8) is 0 Å². The summed E-state index contributed by atoms with van der Waals surface area (Å²) in [5, 5.41) is 0. The van der Waals surface area contributed by atoms with E-state index in [1.807, 2.05) is 0 Å². The Labute approximate surface area is 625 Å². The van der Waals surface area contributed by atoms with Gasteiger partial charge in [-0.15, -0.1) is 0 Å². The van der Waals surface area contributed by atoms with Gasteiger partial charge in [-0.3, -0.25) is 0 Å². The van der Waals surface area contributed by atoms with Crippen LogP contribution in [0.1, 0.15) is 89.7 Å². The van der Waals surface area contributed by atoms with Crippen molar-refractivity contribution in [3.05, 3.63) is 442 Å². The Morgan fingerprint density at radius 2 is 0.481 bits per heavy atom. The number of para-hydroxylation sites is 4. The Morgan fingerprint density at radius 3 is 0.889 bits per heavy atom. The zero-order valence-corrected chi connectivity index (χ0v) is 58.4. The van der Waals surface area contributed by atoms with Crippen LogP contribution in [-0.2, 0) is 10.8 Å². The van der Waals surface area contributed by atoms with Crippen molar-refractivity contribution in [2.45, 2.75) is 22.7 Å². The quantitative estimate of drug-likeness (QED) is 0.151. The van der Waals surface area contributed by atoms with Crippen LogP contribution in [0, 0.1) is 0 Å². The molecule has 2 spiro atoms. The van der Waals surface area contributed by atoms with Crippen LogP contribution in [0.4, 0.5) is 0 Å². The lowest BCUT2D eigenvalue weighted by Gasteiger charge is -2.42. The van der Waals surface area contributed by atoms with Crippen molar-refractivity contribution >= 4 is 0 Å². The molecule has 2 atom stereocenters. The lowest BCUT2D eigenvalue weighted by Crippen LogP contribution is -2.32. The summed E-state index contributed by atoms with van der Waals surface area (Å²) in [6.07, 6.45) is 0. The van der Waals surface area contributed by atoms with Gasteiger partial charge >= 0.3 is 0 Å². The molecule has 4 heterocycles. The van der Waals surface area contributed by atoms with Crippen LogP contribution in [-0.4, -0.2) is 19.9 Å². The molecule has 0 radical (unpaired) electrons. The molecule has 0 amide bonds. The van der Waals surface area contributed by atoms with Crippen LogP contribution in [0.5, 0.6) is 23.0 Å². The first-order chi connectivity index (χ1) is 53.5. The number of hydrogen-bond acceptors (Lipinski definition) is 6. The van der Waals surface area contributed by atoms with Gasteiger partial charge in [0.05, 0.1) is 33.6 Å². The number of hydrogen-bond donors (Lipinski definition) is 0. The van der Waals surface area contributed by atoms with Crippen molar-refractivity contribution in [1.29, 1.82) is 0 Å². The molecule has 2 aromatic heterocycles. The predicted molar refractivity (Wildman–Crippen MR) is 431 cm³/mol. The van der Waals surface area contributed by atoms with Crippen molar-refractivity contribution in [2.75, 3.05) is 0 Å². The lowest BCUT2D eigenvalue weighted by molar-refractivity contribution is 0.436. The summed E-state index contributed by atoms with van der Waals surface area (Å²) in [7, 11) is 0. The van der Waals surface area contributed by atoms with Gasteiger partial charge in [-0.2, -0.15) is 0 Å². The molecule has 7 aliphatic rings. The first-order valence-electron chi connectivity index (χ1n) is 37.2. The molecule has 15 aromatic carbocycles. The molecular weight excluding hydrogens is 1310 g/mol. The van der Waals surface area contributed by atoms with Crippen LogP contribution in [0.2, 0.25) is 0 Å². The van der Waals surface area contributed by atoms with E-state index in [9.17, 15) is 0 Å². The Morgan fingerprint density at radius 1 is 0.185 bits per heavy atom. The van der Waals surface area contributed by atoms with Gasteiger partial charge in [-0.1, -0.05) is 291 Å². The third-order valence-corrected chi connectivity index (χ3v) is 23.8. The summed E-state index contributed by atoms with van der Waals surface area (Å²) in [5.41, 5.74) is 35.0. The molecule has 17 aromatic rings. The molecule has 24 rings (SSSR count). The van der Waals surface area contributed by atoms with Gasteiger partial charge in [-0.25, -0.2) is 19.9 Å². The van der Waals surface area contributed by atoms with E-state index in [1.165, 1.54) is 77.9 Å². The van der Waals surface area contributed by atoms with E-state index in [1.54, 1.807) is 0 Å². The fourth-order valence-corrected chi connectivity index (χ4v) is 19.2. The summed E-state index contributed by atoms with van der Waals surface area (Å²) in [6, 6.07) is 132. The molecule has 0 N–H and O–H groups in total. The van der Waals surface area contributed by atoms with Gasteiger partial charge in [-0.05, 0) is 173 Å². The second-order valence-corrected chi connectivity index (χ2v) is 29.3. The maximum atomic E-state index is 6.70. The number of ether oxygens (including phenoxy) is 2. The third-order valence-electron chi connectivity index (χ3n) is 23.8. The second-order valence-electron chi connectivity index (χ2n) is 29.3. The van der Waals surface area contributed by atoms with Crippen LogP contribution in [0.25, 0.3) is 112 Å². The molecule has 6 nitrogen and oxygen atoms in total. The van der Waals surface area contributed by atoms with E-state index < -0.39 is 10.8 Å². The summed E-state index contributed by atoms with van der Waals surface area (Å²) < 4.78 is 13.4. The van der Waals surface area contributed by atoms with E-state index >= 15 is 0 Å². The highest BCUT2D eigenvalue weighted by Crippen LogP contribution is 2.65. The zero-order valence-electron chi connectivity index (χ0n) is 58.4. The Kier molecular flexibility index (Phi) is 13.0. The van der Waals surface area contributed by atoms with E-state index in [0.29, 0.717) is 11.6 Å². The lowest BCUT2D eigenvalue weighted by atomic mass is 9.61. The molecular formula is C102H62N4O2. The highest BCUT2D eigenvalue weighted by molar-refractivity contribution is 5.93. The summed E-state index contributed by atoms with van der Waals surface area (Å²) in [5.74, 6) is 4.80. The van der Waals surface area contributed by atoms with E-state index in [0.717, 1.165) is 124 Å². The molecule has 108 heavy (non-hydrogen) atoms. The average molecular weight is 1380 g/mol. The predicted octanol–water partition coefficient (Wildman–Crippen LogP) is 24.5. The smallest absolute Gasteiger partial charge is 0.160 e. The Balaban J connectivity index is 0.611. The molecule has 6 heteroatoms. The minimum atomic E-state index is -0.579. The minimum Gasteiger partial charge on any atom is -0.457 e. The summed E-state index contributed by atoms with van der Waals surface area (Å²) >= 11 is 0. The van der Waals surface area contributed by atoms with Gasteiger partial charge in [0.15, 0.2) is 11.6 Å². The average Bonchev–Trinajstić information content (AvgIpc) is 1.42. The van der Waals surface area contributed by atoms with E-state index in [-0.39, 0.29) is 11.8 Å². The highest BCUT2D eigenvalue weighted by atomic mass is 16.5. The minimum absolute atomic E-state index is 0.0323. The SMILES string of the molecule is c1ccc(-c2cc(-c3cccc(-c4ccc5c(c4)C4(c6ccccc6Oc6ccccc64)c4ccccc4-5)c3)nc(-c3ccc4c(c3)C3c5ccccc5C4c4cc(-c5nc(-c6ccccc6)cc(-c6cccc(-c7ccc8c(c7)C7(c9ccccc9Oc9ccccc97)c7ccccc7-8)c6)n5)ccc43)n2)cc1. The molecule has 502 valence electrons. The molecule has 0 saturated carbocycles. The summed E-state index contributed by atoms with van der Waals surface area (Å²) in [4.78, 5) is 22.0. The van der Waals surface area contributed by atoms with Crippen molar-refractivity contribution < 1.29 is 9.47 Å². The normalized spacial score (nSPS) is 15.1. The molecule has 5 aliphatic carbocycles. The highest BCUT2D eigenvalue weighted by Gasteiger charge is 2.53. The third kappa shape index (κ3) is 8.77. The molecule has 2 aliphatic heterocycles. The van der Waals surface area contributed by atoms with Crippen LogP contribution >= 0.6 is 0 Å². The van der Waals surface area contributed by atoms with Crippen LogP contribution in [0.15, 0.2) is 364 Å². The fraction of sp³-hybridized carbons (Fsp3) is 0.0392. The maximum absolute atomic E-state index is 6.70. The number of benzene rings is 15. The number of rotatable bonds is 8. The number of fused-ring (bicyclic) bond motifs is 18. The first kappa shape index (κ1) is 60.5. The summed E-state index contributed by atoms with van der Waals surface area (Å²) in [6.45, 7) is 0. The standard InChI is InChI=1S/C102H62N4O2/c1-3-23-61(24-4-1)89-59-91(67-29-21-27-63(53-67)65-45-49-73-71-31-9-11-35-81(71)101(87(73)57-65)83-37-13-17-41-93(83)107-94-42-18-14-38-84(94)101)105-99(103-89)69-47-51-77-79(55-69)97-75-33-7-8-34-76(75)98(77)80-56-70(48-52-78(80)97)100-104-90(62-25-5-2-6-26-62)60-92(106-100)68-30-22-28-64(54-68)66-46-50-74-72-32-10-12-36-82(72)102(88(74)58-66)85-39-15-19-43-95(85)108-96-44-20-16-40-86(96)102/h1-60,97-98H. The van der Waals surface area contributed by atoms with Gasteiger partial charge < -0.3 is 9.47 Å². The van der Waals surface area contributed by atoms with E-state index in [2.05, 4.69) is 364 Å². The Hall–Kier alpha value is -13.9. The monoisotopic (exact) mass is 1370 g/mol.